The molecule has 1 aliphatic carbocycles. The second-order valence-corrected chi connectivity index (χ2v) is 15.8. The molecule has 5 heterocycles. The third-order valence-corrected chi connectivity index (χ3v) is 11.3. The van der Waals surface area contributed by atoms with Crippen LogP contribution in [0.25, 0.3) is 0 Å². The molecule has 2 atom stereocenters. The van der Waals surface area contributed by atoms with Crippen molar-refractivity contribution in [3.63, 3.8) is 0 Å². The summed E-state index contributed by atoms with van der Waals surface area (Å²) in [7, 11) is -0.490. The highest BCUT2D eigenvalue weighted by Crippen LogP contribution is 2.51. The third kappa shape index (κ3) is 4.91. The smallest absolute Gasteiger partial charge is 0.444 e. The van der Waals surface area contributed by atoms with E-state index in [1.54, 1.807) is 4.90 Å². The average molecular weight is 594 g/mol. The summed E-state index contributed by atoms with van der Waals surface area (Å²) in [5.74, 6) is 0.183. The summed E-state index contributed by atoms with van der Waals surface area (Å²) >= 11 is 0. The molecule has 6 aliphatic rings. The highest BCUT2D eigenvalue weighted by Gasteiger charge is 2.57. The van der Waals surface area contributed by atoms with Crippen LogP contribution in [0, 0.1) is 0 Å². The third-order valence-electron chi connectivity index (χ3n) is 11.3. The van der Waals surface area contributed by atoms with E-state index in [0.717, 1.165) is 42.6 Å². The predicted molar refractivity (Wildman–Crippen MR) is 165 cm³/mol. The Morgan fingerprint density at radius 3 is 2.14 bits per heavy atom. The van der Waals surface area contributed by atoms with E-state index in [0.29, 0.717) is 44.2 Å². The van der Waals surface area contributed by atoms with Crippen molar-refractivity contribution in [2.45, 2.75) is 134 Å². The van der Waals surface area contributed by atoms with Gasteiger partial charge in [-0.05, 0) is 104 Å². The van der Waals surface area contributed by atoms with E-state index < -0.39 is 29.3 Å². The van der Waals surface area contributed by atoms with E-state index >= 15 is 0 Å². The lowest BCUT2D eigenvalue weighted by molar-refractivity contribution is -0.126. The van der Waals surface area contributed by atoms with Gasteiger partial charge < -0.3 is 28.6 Å². The first kappa shape index (κ1) is 29.6. The summed E-state index contributed by atoms with van der Waals surface area (Å²) in [5.41, 5.74) is 0.943. The molecule has 0 N–H and O–H groups in total. The number of benzene rings is 1. The molecular formula is C33H48BN3O6. The van der Waals surface area contributed by atoms with Crippen LogP contribution in [0.4, 0.5) is 10.5 Å². The Morgan fingerprint density at radius 1 is 0.953 bits per heavy atom. The van der Waals surface area contributed by atoms with Gasteiger partial charge in [-0.25, -0.2) is 4.79 Å². The number of hydrogen-bond donors (Lipinski definition) is 0. The fraction of sp³-hybridized carbons (Fsp3) is 0.758. The first-order chi connectivity index (χ1) is 20.2. The van der Waals surface area contributed by atoms with Crippen LogP contribution in [0.15, 0.2) is 18.2 Å². The first-order valence-corrected chi connectivity index (χ1v) is 16.4. The number of nitrogens with zero attached hydrogens (tertiary/aromatic N) is 3. The molecule has 1 aromatic rings. The number of anilines is 1. The van der Waals surface area contributed by atoms with Crippen molar-refractivity contribution < 1.29 is 28.4 Å². The topological polar surface area (TPSA) is 80.8 Å². The molecule has 234 valence electrons. The van der Waals surface area contributed by atoms with Gasteiger partial charge in [0.1, 0.15) is 5.60 Å². The molecule has 1 saturated carbocycles. The zero-order valence-electron chi connectivity index (χ0n) is 27.0. The highest BCUT2D eigenvalue weighted by molar-refractivity contribution is 6.62. The Bertz CT molecular complexity index is 1270. The van der Waals surface area contributed by atoms with Crippen molar-refractivity contribution in [1.29, 1.82) is 0 Å². The number of amides is 2. The fourth-order valence-corrected chi connectivity index (χ4v) is 7.99. The van der Waals surface area contributed by atoms with Crippen LogP contribution in [0.2, 0.25) is 0 Å². The minimum Gasteiger partial charge on any atom is -0.444 e. The van der Waals surface area contributed by atoms with E-state index in [2.05, 4.69) is 55.7 Å². The van der Waals surface area contributed by atoms with Gasteiger partial charge in [0.05, 0.1) is 28.8 Å². The molecule has 0 radical (unpaired) electrons. The zero-order valence-corrected chi connectivity index (χ0v) is 27.0. The van der Waals surface area contributed by atoms with Crippen molar-refractivity contribution >= 4 is 30.3 Å². The Hall–Kier alpha value is -2.14. The summed E-state index contributed by atoms with van der Waals surface area (Å²) in [6, 6.07) is 7.00. The van der Waals surface area contributed by atoms with Crippen LogP contribution in [0.1, 0.15) is 92.6 Å². The molecule has 10 heteroatoms. The molecular weight excluding hydrogens is 545 g/mol. The molecule has 2 unspecified atom stereocenters. The second-order valence-electron chi connectivity index (χ2n) is 15.8. The number of morpholine rings is 1. The van der Waals surface area contributed by atoms with Crippen molar-refractivity contribution in [1.82, 2.24) is 9.80 Å². The van der Waals surface area contributed by atoms with Crippen molar-refractivity contribution in [2.24, 2.45) is 0 Å². The minimum atomic E-state index is -0.633. The maximum atomic E-state index is 14.6. The van der Waals surface area contributed by atoms with Crippen LogP contribution in [0.5, 0.6) is 0 Å². The van der Waals surface area contributed by atoms with Crippen molar-refractivity contribution in [3.05, 3.63) is 23.8 Å². The monoisotopic (exact) mass is 593 g/mol. The molecule has 1 aromatic carbocycles. The van der Waals surface area contributed by atoms with Crippen LogP contribution >= 0.6 is 0 Å². The number of piperidine rings is 1. The predicted octanol–water partition coefficient (Wildman–Crippen LogP) is 4.00. The molecule has 4 saturated heterocycles. The van der Waals surface area contributed by atoms with E-state index in [4.69, 9.17) is 18.8 Å². The number of carbonyl (C=O) groups excluding carboxylic acids is 2. The van der Waals surface area contributed by atoms with Crippen LogP contribution in [0.3, 0.4) is 0 Å². The van der Waals surface area contributed by atoms with Gasteiger partial charge in [0.25, 0.3) is 0 Å². The van der Waals surface area contributed by atoms with Crippen LogP contribution < -0.4 is 10.4 Å². The molecule has 43 heavy (non-hydrogen) atoms. The summed E-state index contributed by atoms with van der Waals surface area (Å²) in [6.07, 6.45) is 5.90. The largest absolute Gasteiger partial charge is 0.494 e. The summed E-state index contributed by atoms with van der Waals surface area (Å²) in [5, 5.41) is 0. The lowest BCUT2D eigenvalue weighted by Gasteiger charge is -2.49. The van der Waals surface area contributed by atoms with Crippen molar-refractivity contribution in [2.75, 3.05) is 31.1 Å². The molecule has 0 aromatic heterocycles. The van der Waals surface area contributed by atoms with Crippen LogP contribution in [-0.2, 0) is 29.0 Å². The SMILES string of the molecule is CC(C)(C)OC(=O)N1CCC2(CC1)C(=O)N([C@H]1C[C@@H](N3CC4CCC(C3)O4)C1)c1cc(B3OC(C)(C)C(C)(C)O3)ccc12. The number of fused-ring (bicyclic) bond motifs is 4. The molecule has 5 aliphatic heterocycles. The van der Waals surface area contributed by atoms with Gasteiger partial charge in [-0.1, -0.05) is 12.1 Å². The van der Waals surface area contributed by atoms with Gasteiger partial charge >= 0.3 is 13.2 Å². The lowest BCUT2D eigenvalue weighted by Crippen LogP contribution is -2.60. The summed E-state index contributed by atoms with van der Waals surface area (Å²) in [4.78, 5) is 34.0. The quantitative estimate of drug-likeness (QED) is 0.491. The number of hydrogen-bond acceptors (Lipinski definition) is 7. The lowest BCUT2D eigenvalue weighted by atomic mass is 9.71. The maximum Gasteiger partial charge on any atom is 0.494 e. The number of carbonyl (C=O) groups is 2. The van der Waals surface area contributed by atoms with Gasteiger partial charge in [0, 0.05) is 44.0 Å². The number of rotatable bonds is 3. The fourth-order valence-electron chi connectivity index (χ4n) is 7.99. The van der Waals surface area contributed by atoms with E-state index in [-0.39, 0.29) is 18.0 Å². The van der Waals surface area contributed by atoms with Crippen molar-refractivity contribution in [3.8, 4) is 0 Å². The number of likely N-dealkylation sites (tertiary alicyclic amines) is 2. The highest BCUT2D eigenvalue weighted by atomic mass is 16.7. The molecule has 2 bridgehead atoms. The van der Waals surface area contributed by atoms with E-state index in [1.807, 2.05) is 20.8 Å². The normalized spacial score (nSPS) is 32.7. The average Bonchev–Trinajstić information content (AvgIpc) is 3.44. The van der Waals surface area contributed by atoms with Gasteiger partial charge in [-0.2, -0.15) is 0 Å². The molecule has 1 spiro atoms. The van der Waals surface area contributed by atoms with Gasteiger partial charge in [0.15, 0.2) is 0 Å². The van der Waals surface area contributed by atoms with Crippen LogP contribution in [-0.4, -0.2) is 96.2 Å². The number of ether oxygens (including phenoxy) is 2. The molecule has 5 fully saturated rings. The Morgan fingerprint density at radius 2 is 1.56 bits per heavy atom. The van der Waals surface area contributed by atoms with Gasteiger partial charge in [-0.3, -0.25) is 9.69 Å². The molecule has 2 amide bonds. The summed E-state index contributed by atoms with van der Waals surface area (Å²) < 4.78 is 24.6. The first-order valence-electron chi connectivity index (χ1n) is 16.4. The maximum absolute atomic E-state index is 14.6. The molecule has 9 nitrogen and oxygen atoms in total. The van der Waals surface area contributed by atoms with Gasteiger partial charge in [-0.15, -0.1) is 0 Å². The Balaban J connectivity index is 1.15. The van der Waals surface area contributed by atoms with Gasteiger partial charge in [0.2, 0.25) is 5.91 Å². The second kappa shape index (κ2) is 9.93. The Labute approximate surface area is 256 Å². The standard InChI is InChI=1S/C33H48BN3O6/c1-30(2,3)41-29(39)35-14-12-33(13-15-35)26-11-8-21(34-42-31(4,5)32(6,7)43-34)16-27(26)37(28(33)38)23-17-22(18-23)36-19-24-9-10-25(20-36)40-24/h8,11,16,22-25H,9-10,12-15,17-20H2,1-7H3/t22-,23+,24?,25?. The summed E-state index contributed by atoms with van der Waals surface area (Å²) in [6.45, 7) is 16.9. The minimum absolute atomic E-state index is 0.161. The van der Waals surface area contributed by atoms with E-state index in [1.165, 1.54) is 12.8 Å². The Kier molecular flexibility index (Phi) is 6.83. The van der Waals surface area contributed by atoms with E-state index in [9.17, 15) is 9.59 Å². The zero-order chi connectivity index (χ0) is 30.5. The molecule has 7 rings (SSSR count).